The molecular weight excluding hydrogens is 246 g/mol. The Morgan fingerprint density at radius 2 is 2.05 bits per heavy atom. The highest BCUT2D eigenvalue weighted by Gasteiger charge is 2.26. The Morgan fingerprint density at radius 1 is 1.25 bits per heavy atom. The molecule has 0 radical (unpaired) electrons. The molecule has 1 aromatic carbocycles. The summed E-state index contributed by atoms with van der Waals surface area (Å²) in [7, 11) is 1.96. The molecule has 0 saturated heterocycles. The summed E-state index contributed by atoms with van der Waals surface area (Å²) in [5, 5.41) is 3.22. The Hall–Kier alpha value is -1.87. The van der Waals surface area contributed by atoms with Gasteiger partial charge in [0.25, 0.3) is 0 Å². The van der Waals surface area contributed by atoms with Crippen LogP contribution in [0.1, 0.15) is 31.1 Å². The average molecular weight is 267 g/mol. The Kier molecular flexibility index (Phi) is 3.45. The van der Waals surface area contributed by atoms with Gasteiger partial charge in [0, 0.05) is 17.8 Å². The van der Waals surface area contributed by atoms with Gasteiger partial charge in [-0.3, -0.25) is 4.98 Å². The second-order valence-electron chi connectivity index (χ2n) is 5.50. The molecule has 0 aliphatic carbocycles. The number of aromatic nitrogens is 1. The summed E-state index contributed by atoms with van der Waals surface area (Å²) in [6, 6.07) is 13.7. The number of anilines is 2. The third-order valence-corrected chi connectivity index (χ3v) is 4.13. The maximum atomic E-state index is 4.60. The lowest BCUT2D eigenvalue weighted by Gasteiger charge is -2.25. The lowest BCUT2D eigenvalue weighted by atomic mass is 10.1. The van der Waals surface area contributed by atoms with Gasteiger partial charge in [-0.2, -0.15) is 0 Å². The summed E-state index contributed by atoms with van der Waals surface area (Å²) in [6.07, 6.45) is 3.09. The molecule has 2 heterocycles. The van der Waals surface area contributed by atoms with Crippen LogP contribution in [-0.2, 0) is 6.42 Å². The summed E-state index contributed by atoms with van der Waals surface area (Å²) in [5.41, 5.74) is 5.00. The molecule has 1 N–H and O–H groups in total. The quantitative estimate of drug-likeness (QED) is 0.923. The second-order valence-corrected chi connectivity index (χ2v) is 5.50. The van der Waals surface area contributed by atoms with Crippen molar-refractivity contribution < 1.29 is 0 Å². The standard InChI is InChI=1S/C17H21N3/c1-12-10-14-6-4-5-7-17(14)20(12)15-8-9-16(19-11-15)13(2)18-3/h4-9,11-13,18H,10H2,1-3H3. The molecule has 20 heavy (non-hydrogen) atoms. The average Bonchev–Trinajstić information content (AvgIpc) is 2.82. The van der Waals surface area contributed by atoms with Gasteiger partial charge in [-0.05, 0) is 51.1 Å². The highest BCUT2D eigenvalue weighted by molar-refractivity contribution is 5.70. The fourth-order valence-corrected chi connectivity index (χ4v) is 2.90. The van der Waals surface area contributed by atoms with Crippen molar-refractivity contribution in [2.45, 2.75) is 32.4 Å². The molecule has 2 unspecified atom stereocenters. The number of hydrogen-bond acceptors (Lipinski definition) is 3. The van der Waals surface area contributed by atoms with E-state index < -0.39 is 0 Å². The van der Waals surface area contributed by atoms with Crippen LogP contribution in [0.5, 0.6) is 0 Å². The minimum Gasteiger partial charge on any atom is -0.337 e. The van der Waals surface area contributed by atoms with Crippen molar-refractivity contribution in [1.82, 2.24) is 10.3 Å². The van der Waals surface area contributed by atoms with Crippen LogP contribution in [-0.4, -0.2) is 18.1 Å². The molecule has 3 heteroatoms. The minimum atomic E-state index is 0.285. The maximum Gasteiger partial charge on any atom is 0.0600 e. The van der Waals surface area contributed by atoms with Crippen LogP contribution in [0, 0.1) is 0 Å². The second kappa shape index (κ2) is 5.25. The topological polar surface area (TPSA) is 28.2 Å². The molecule has 1 aromatic heterocycles. The number of nitrogens with zero attached hydrogens (tertiary/aromatic N) is 2. The van der Waals surface area contributed by atoms with Gasteiger partial charge in [-0.15, -0.1) is 0 Å². The van der Waals surface area contributed by atoms with Crippen molar-refractivity contribution in [3.8, 4) is 0 Å². The van der Waals surface area contributed by atoms with Gasteiger partial charge >= 0.3 is 0 Å². The van der Waals surface area contributed by atoms with Crippen molar-refractivity contribution in [3.05, 3.63) is 53.9 Å². The molecule has 1 aliphatic heterocycles. The summed E-state index contributed by atoms with van der Waals surface area (Å²) in [5.74, 6) is 0. The van der Waals surface area contributed by atoms with Gasteiger partial charge < -0.3 is 10.2 Å². The molecule has 0 fully saturated rings. The van der Waals surface area contributed by atoms with E-state index in [1.165, 1.54) is 16.9 Å². The predicted octanol–water partition coefficient (Wildman–Crippen LogP) is 3.44. The van der Waals surface area contributed by atoms with E-state index in [1.54, 1.807) is 0 Å². The first kappa shape index (κ1) is 13.1. The fourth-order valence-electron chi connectivity index (χ4n) is 2.90. The molecule has 104 valence electrons. The summed E-state index contributed by atoms with van der Waals surface area (Å²) in [6.45, 7) is 4.39. The smallest absolute Gasteiger partial charge is 0.0600 e. The Balaban J connectivity index is 1.93. The monoisotopic (exact) mass is 267 g/mol. The van der Waals surface area contributed by atoms with Crippen molar-refractivity contribution >= 4 is 11.4 Å². The molecule has 0 spiro atoms. The van der Waals surface area contributed by atoms with Crippen molar-refractivity contribution in [2.24, 2.45) is 0 Å². The first-order valence-corrected chi connectivity index (χ1v) is 7.21. The highest BCUT2D eigenvalue weighted by Crippen LogP contribution is 2.37. The molecule has 1 aliphatic rings. The van der Waals surface area contributed by atoms with Crippen molar-refractivity contribution in [3.63, 3.8) is 0 Å². The minimum absolute atomic E-state index is 0.285. The third kappa shape index (κ3) is 2.18. The number of benzene rings is 1. The van der Waals surface area contributed by atoms with Gasteiger partial charge in [0.15, 0.2) is 0 Å². The zero-order valence-electron chi connectivity index (χ0n) is 12.3. The van der Waals surface area contributed by atoms with Gasteiger partial charge in [0.05, 0.1) is 17.6 Å². The van der Waals surface area contributed by atoms with Gasteiger partial charge in [-0.25, -0.2) is 0 Å². The molecular formula is C17H21N3. The van der Waals surface area contributed by atoms with Gasteiger partial charge in [-0.1, -0.05) is 18.2 Å². The van der Waals surface area contributed by atoms with Crippen LogP contribution in [0.15, 0.2) is 42.6 Å². The third-order valence-electron chi connectivity index (χ3n) is 4.13. The van der Waals surface area contributed by atoms with Gasteiger partial charge in [0.1, 0.15) is 0 Å². The van der Waals surface area contributed by atoms with Crippen LogP contribution in [0.4, 0.5) is 11.4 Å². The van der Waals surface area contributed by atoms with Crippen molar-refractivity contribution in [1.29, 1.82) is 0 Å². The highest BCUT2D eigenvalue weighted by atomic mass is 15.2. The maximum absolute atomic E-state index is 4.60. The molecule has 3 rings (SSSR count). The van der Waals surface area contributed by atoms with Crippen LogP contribution in [0.25, 0.3) is 0 Å². The van der Waals surface area contributed by atoms with E-state index >= 15 is 0 Å². The fraction of sp³-hybridized carbons (Fsp3) is 0.353. The van der Waals surface area contributed by atoms with Crippen LogP contribution in [0.2, 0.25) is 0 Å². The number of fused-ring (bicyclic) bond motifs is 1. The van der Waals surface area contributed by atoms with Crippen LogP contribution in [0.3, 0.4) is 0 Å². The van der Waals surface area contributed by atoms with Crippen molar-refractivity contribution in [2.75, 3.05) is 11.9 Å². The summed E-state index contributed by atoms with van der Waals surface area (Å²) >= 11 is 0. The first-order valence-electron chi connectivity index (χ1n) is 7.21. The van der Waals surface area contributed by atoms with E-state index in [9.17, 15) is 0 Å². The molecule has 3 nitrogen and oxygen atoms in total. The Morgan fingerprint density at radius 3 is 2.75 bits per heavy atom. The lowest BCUT2D eigenvalue weighted by molar-refractivity contribution is 0.632. The Labute approximate surface area is 120 Å². The SMILES string of the molecule is CNC(C)c1ccc(N2c3ccccc3CC2C)cn1. The normalized spacial score (nSPS) is 18.9. The molecule has 0 saturated carbocycles. The first-order chi connectivity index (χ1) is 9.70. The van der Waals surface area contributed by atoms with E-state index in [-0.39, 0.29) is 6.04 Å². The number of pyridine rings is 1. The Bertz CT molecular complexity index is 591. The van der Waals surface area contributed by atoms with E-state index in [0.29, 0.717) is 6.04 Å². The molecule has 0 bridgehead atoms. The summed E-state index contributed by atoms with van der Waals surface area (Å²) in [4.78, 5) is 6.98. The van der Waals surface area contributed by atoms with E-state index in [1.807, 2.05) is 13.2 Å². The number of nitrogens with one attached hydrogen (secondary N) is 1. The van der Waals surface area contributed by atoms with E-state index in [4.69, 9.17) is 0 Å². The van der Waals surface area contributed by atoms with E-state index in [2.05, 4.69) is 65.4 Å². The number of para-hydroxylation sites is 1. The summed E-state index contributed by atoms with van der Waals surface area (Å²) < 4.78 is 0. The number of rotatable bonds is 3. The zero-order chi connectivity index (χ0) is 14.1. The van der Waals surface area contributed by atoms with Crippen LogP contribution >= 0.6 is 0 Å². The van der Waals surface area contributed by atoms with Crippen LogP contribution < -0.4 is 10.2 Å². The molecule has 2 aromatic rings. The van der Waals surface area contributed by atoms with Gasteiger partial charge in [0.2, 0.25) is 0 Å². The lowest BCUT2D eigenvalue weighted by Crippen LogP contribution is -2.24. The predicted molar refractivity (Wildman–Crippen MR) is 83.5 cm³/mol. The number of hydrogen-bond donors (Lipinski definition) is 1. The molecule has 0 amide bonds. The largest absolute Gasteiger partial charge is 0.337 e. The molecule has 2 atom stereocenters. The zero-order valence-corrected chi connectivity index (χ0v) is 12.3. The van der Waals surface area contributed by atoms with E-state index in [0.717, 1.165) is 12.1 Å².